The van der Waals surface area contributed by atoms with Crippen LogP contribution in [0.5, 0.6) is 5.75 Å². The summed E-state index contributed by atoms with van der Waals surface area (Å²) in [5, 5.41) is 11.1. The maximum Gasteiger partial charge on any atom is 0.316 e. The molecule has 0 radical (unpaired) electrons. The van der Waals surface area contributed by atoms with E-state index in [0.29, 0.717) is 18.5 Å². The van der Waals surface area contributed by atoms with Gasteiger partial charge in [0, 0.05) is 12.1 Å². The third-order valence-corrected chi connectivity index (χ3v) is 3.05. The van der Waals surface area contributed by atoms with Crippen molar-refractivity contribution in [2.75, 3.05) is 12.4 Å². The van der Waals surface area contributed by atoms with E-state index in [4.69, 9.17) is 9.15 Å². The van der Waals surface area contributed by atoms with E-state index < -0.39 is 0 Å². The summed E-state index contributed by atoms with van der Waals surface area (Å²) < 4.78 is 10.7. The number of methoxy groups -OCH3 is 1. The van der Waals surface area contributed by atoms with Gasteiger partial charge in [-0.2, -0.15) is 0 Å². The van der Waals surface area contributed by atoms with Gasteiger partial charge in [-0.15, -0.1) is 5.10 Å². The first-order valence-electron chi connectivity index (χ1n) is 6.61. The predicted octanol–water partition coefficient (Wildman–Crippen LogP) is 3.36. The zero-order chi connectivity index (χ0) is 14.5. The van der Waals surface area contributed by atoms with E-state index in [0.717, 1.165) is 16.9 Å². The number of benzene rings is 2. The quantitative estimate of drug-likeness (QED) is 0.777. The highest BCUT2D eigenvalue weighted by Crippen LogP contribution is 2.22. The second kappa shape index (κ2) is 6.09. The lowest BCUT2D eigenvalue weighted by atomic mass is 10.2. The Hall–Kier alpha value is -2.82. The fourth-order valence-electron chi connectivity index (χ4n) is 1.92. The van der Waals surface area contributed by atoms with Gasteiger partial charge in [0.05, 0.1) is 7.11 Å². The Balaban J connectivity index is 1.68. The minimum Gasteiger partial charge on any atom is -0.497 e. The molecule has 2 aromatic carbocycles. The zero-order valence-electron chi connectivity index (χ0n) is 11.6. The summed E-state index contributed by atoms with van der Waals surface area (Å²) in [6.07, 6.45) is 0. The summed E-state index contributed by atoms with van der Waals surface area (Å²) >= 11 is 0. The topological polar surface area (TPSA) is 60.2 Å². The first-order chi connectivity index (χ1) is 10.3. The number of hydrogen-bond donors (Lipinski definition) is 1. The Labute approximate surface area is 122 Å². The molecule has 0 aliphatic heterocycles. The Morgan fingerprint density at radius 2 is 1.76 bits per heavy atom. The maximum absolute atomic E-state index is 5.59. The number of nitrogens with one attached hydrogen (secondary N) is 1. The molecule has 3 aromatic rings. The Kier molecular flexibility index (Phi) is 3.82. The van der Waals surface area contributed by atoms with Gasteiger partial charge in [0.25, 0.3) is 0 Å². The van der Waals surface area contributed by atoms with E-state index in [1.165, 1.54) is 0 Å². The fourth-order valence-corrected chi connectivity index (χ4v) is 1.92. The highest BCUT2D eigenvalue weighted by Gasteiger charge is 2.08. The van der Waals surface area contributed by atoms with E-state index in [1.807, 2.05) is 54.6 Å². The molecule has 0 saturated heterocycles. The number of hydrogen-bond acceptors (Lipinski definition) is 5. The lowest BCUT2D eigenvalue weighted by Gasteiger charge is -2.01. The Morgan fingerprint density at radius 1 is 1.00 bits per heavy atom. The van der Waals surface area contributed by atoms with Gasteiger partial charge in [0.15, 0.2) is 0 Å². The van der Waals surface area contributed by atoms with Crippen molar-refractivity contribution < 1.29 is 9.15 Å². The first kappa shape index (κ1) is 13.2. The van der Waals surface area contributed by atoms with Gasteiger partial charge >= 0.3 is 6.01 Å². The lowest BCUT2D eigenvalue weighted by Crippen LogP contribution is -1.98. The molecule has 0 bridgehead atoms. The molecule has 5 heteroatoms. The van der Waals surface area contributed by atoms with Crippen molar-refractivity contribution in [3.8, 4) is 17.2 Å². The zero-order valence-corrected chi connectivity index (χ0v) is 11.6. The molecule has 5 nitrogen and oxygen atoms in total. The predicted molar refractivity (Wildman–Crippen MR) is 80.1 cm³/mol. The van der Waals surface area contributed by atoms with Crippen LogP contribution in [-0.4, -0.2) is 17.3 Å². The van der Waals surface area contributed by atoms with Gasteiger partial charge in [-0.05, 0) is 29.8 Å². The third-order valence-electron chi connectivity index (χ3n) is 3.05. The average Bonchev–Trinajstić information content (AvgIpc) is 3.03. The van der Waals surface area contributed by atoms with Crippen molar-refractivity contribution in [2.45, 2.75) is 6.54 Å². The maximum atomic E-state index is 5.59. The second-order valence-corrected chi connectivity index (χ2v) is 4.48. The summed E-state index contributed by atoms with van der Waals surface area (Å²) in [4.78, 5) is 0. The van der Waals surface area contributed by atoms with Crippen molar-refractivity contribution in [1.82, 2.24) is 10.2 Å². The van der Waals surface area contributed by atoms with Gasteiger partial charge in [-0.25, -0.2) is 0 Å². The molecule has 0 unspecified atom stereocenters. The van der Waals surface area contributed by atoms with Crippen molar-refractivity contribution in [1.29, 1.82) is 0 Å². The Morgan fingerprint density at radius 3 is 2.48 bits per heavy atom. The Bertz CT molecular complexity index is 693. The van der Waals surface area contributed by atoms with Crippen LogP contribution in [0.3, 0.4) is 0 Å². The molecule has 1 aromatic heterocycles. The van der Waals surface area contributed by atoms with Crippen LogP contribution in [0.15, 0.2) is 59.0 Å². The summed E-state index contributed by atoms with van der Waals surface area (Å²) in [5.41, 5.74) is 2.01. The minimum atomic E-state index is 0.407. The summed E-state index contributed by atoms with van der Waals surface area (Å²) in [7, 11) is 1.63. The van der Waals surface area contributed by atoms with E-state index in [2.05, 4.69) is 15.5 Å². The molecule has 0 saturated carbocycles. The molecule has 0 aliphatic carbocycles. The molecule has 0 aliphatic rings. The van der Waals surface area contributed by atoms with Gasteiger partial charge in [0.2, 0.25) is 5.89 Å². The molecule has 106 valence electrons. The highest BCUT2D eigenvalue weighted by molar-refractivity contribution is 5.54. The molecule has 1 N–H and O–H groups in total. The van der Waals surface area contributed by atoms with E-state index in [-0.39, 0.29) is 0 Å². The van der Waals surface area contributed by atoms with Crippen LogP contribution in [0.4, 0.5) is 6.01 Å². The van der Waals surface area contributed by atoms with Crippen LogP contribution >= 0.6 is 0 Å². The molecule has 3 rings (SSSR count). The van der Waals surface area contributed by atoms with Crippen molar-refractivity contribution >= 4 is 6.01 Å². The van der Waals surface area contributed by atoms with Crippen LogP contribution in [0.25, 0.3) is 11.5 Å². The highest BCUT2D eigenvalue weighted by atomic mass is 16.5. The normalized spacial score (nSPS) is 10.3. The second-order valence-electron chi connectivity index (χ2n) is 4.48. The number of anilines is 1. The molecule has 21 heavy (non-hydrogen) atoms. The van der Waals surface area contributed by atoms with Crippen LogP contribution in [0.2, 0.25) is 0 Å². The standard InChI is InChI=1S/C16H15N3O2/c1-20-14-9-7-13(8-10-14)15-18-19-16(21-15)17-11-12-5-3-2-4-6-12/h2-10H,11H2,1H3,(H,17,19). The lowest BCUT2D eigenvalue weighted by molar-refractivity contribution is 0.415. The molecular weight excluding hydrogens is 266 g/mol. The largest absolute Gasteiger partial charge is 0.497 e. The monoisotopic (exact) mass is 281 g/mol. The van der Waals surface area contributed by atoms with E-state index in [9.17, 15) is 0 Å². The summed E-state index contributed by atoms with van der Waals surface area (Å²) in [5.74, 6) is 1.27. The third kappa shape index (κ3) is 3.20. The summed E-state index contributed by atoms with van der Waals surface area (Å²) in [6, 6.07) is 17.9. The van der Waals surface area contributed by atoms with Crippen LogP contribution in [0.1, 0.15) is 5.56 Å². The van der Waals surface area contributed by atoms with Gasteiger partial charge in [-0.1, -0.05) is 35.4 Å². The van der Waals surface area contributed by atoms with Gasteiger partial charge in [-0.3, -0.25) is 0 Å². The molecule has 0 fully saturated rings. The average molecular weight is 281 g/mol. The van der Waals surface area contributed by atoms with Crippen molar-refractivity contribution in [2.24, 2.45) is 0 Å². The van der Waals surface area contributed by atoms with Crippen LogP contribution in [-0.2, 0) is 6.54 Å². The fraction of sp³-hybridized carbons (Fsp3) is 0.125. The van der Waals surface area contributed by atoms with Crippen molar-refractivity contribution in [3.05, 3.63) is 60.2 Å². The van der Waals surface area contributed by atoms with Gasteiger partial charge in [0.1, 0.15) is 5.75 Å². The number of nitrogens with zero attached hydrogens (tertiary/aromatic N) is 2. The number of rotatable bonds is 5. The van der Waals surface area contributed by atoms with Crippen LogP contribution < -0.4 is 10.1 Å². The number of aromatic nitrogens is 2. The van der Waals surface area contributed by atoms with Crippen LogP contribution in [0, 0.1) is 0 Å². The first-order valence-corrected chi connectivity index (χ1v) is 6.61. The minimum absolute atomic E-state index is 0.407. The van der Waals surface area contributed by atoms with E-state index in [1.54, 1.807) is 7.11 Å². The molecule has 0 atom stereocenters. The molecule has 0 spiro atoms. The molecule has 1 heterocycles. The van der Waals surface area contributed by atoms with Crippen molar-refractivity contribution in [3.63, 3.8) is 0 Å². The molecule has 0 amide bonds. The smallest absolute Gasteiger partial charge is 0.316 e. The SMILES string of the molecule is COc1ccc(-c2nnc(NCc3ccccc3)o2)cc1. The van der Waals surface area contributed by atoms with E-state index >= 15 is 0 Å². The summed E-state index contributed by atoms with van der Waals surface area (Å²) in [6.45, 7) is 0.644. The molecular formula is C16H15N3O2. The van der Waals surface area contributed by atoms with Gasteiger partial charge < -0.3 is 14.5 Å². The number of ether oxygens (including phenoxy) is 1.